The zero-order chi connectivity index (χ0) is 12.4. The second-order valence-electron chi connectivity index (χ2n) is 3.92. The van der Waals surface area contributed by atoms with Gasteiger partial charge in [0, 0.05) is 0 Å². The molecule has 4 heteroatoms. The zero-order valence-corrected chi connectivity index (χ0v) is 9.32. The summed E-state index contributed by atoms with van der Waals surface area (Å²) in [5.74, 6) is -0.843. The highest BCUT2D eigenvalue weighted by molar-refractivity contribution is 6.64. The van der Waals surface area contributed by atoms with Crippen molar-refractivity contribution in [1.82, 2.24) is 0 Å². The van der Waals surface area contributed by atoms with Crippen LogP contribution >= 0.6 is 0 Å². The lowest BCUT2D eigenvalue weighted by molar-refractivity contribution is 0.584. The summed E-state index contributed by atoms with van der Waals surface area (Å²) in [6.45, 7) is 0.650. The van der Waals surface area contributed by atoms with E-state index in [9.17, 15) is 13.8 Å². The first-order chi connectivity index (χ1) is 8.08. The number of hydrogen-bond acceptors (Lipinski definition) is 1. The van der Waals surface area contributed by atoms with Crippen molar-refractivity contribution in [2.24, 2.45) is 0 Å². The molecule has 0 aliphatic heterocycles. The van der Waals surface area contributed by atoms with Crippen molar-refractivity contribution < 1.29 is 13.8 Å². The van der Waals surface area contributed by atoms with Crippen LogP contribution < -0.4 is 5.46 Å². The van der Waals surface area contributed by atoms with Crippen molar-refractivity contribution in [3.8, 4) is 11.1 Å². The van der Waals surface area contributed by atoms with Gasteiger partial charge in [-0.3, -0.25) is 0 Å². The van der Waals surface area contributed by atoms with Gasteiger partial charge in [-0.05, 0) is 34.8 Å². The van der Waals surface area contributed by atoms with Crippen LogP contribution in [0.15, 0.2) is 42.5 Å². The molecule has 0 aromatic heterocycles. The molecule has 0 fully saturated rings. The smallest absolute Gasteiger partial charge is 0.323 e. The molecule has 0 heterocycles. The molecule has 86 valence electrons. The van der Waals surface area contributed by atoms with E-state index in [0.717, 1.165) is 0 Å². The number of benzene rings is 2. The molecule has 0 aliphatic rings. The monoisotopic (exact) mass is 232 g/mol. The predicted octanol–water partition coefficient (Wildman–Crippen LogP) is 2.45. The fraction of sp³-hybridized carbons (Fsp3) is 0.0769. The first kappa shape index (κ1) is 11.8. The molecule has 2 aromatic carbocycles. The average Bonchev–Trinajstić information content (AvgIpc) is 2.28. The second kappa shape index (κ2) is 4.68. The lowest BCUT2D eigenvalue weighted by atomic mass is 9.64. The minimum atomic E-state index is -0.850. The first-order valence-corrected chi connectivity index (χ1v) is 5.31. The SMILES string of the molecule is CB(O)c1ccc(-c2cccc(F)c2)cc1F. The lowest BCUT2D eigenvalue weighted by Crippen LogP contribution is -2.29. The third-order valence-corrected chi connectivity index (χ3v) is 2.61. The summed E-state index contributed by atoms with van der Waals surface area (Å²) in [5, 5.41) is 9.31. The molecule has 0 spiro atoms. The van der Waals surface area contributed by atoms with Crippen LogP contribution in [0.3, 0.4) is 0 Å². The van der Waals surface area contributed by atoms with E-state index in [0.29, 0.717) is 11.1 Å². The molecule has 0 amide bonds. The van der Waals surface area contributed by atoms with Gasteiger partial charge in [-0.2, -0.15) is 0 Å². The summed E-state index contributed by atoms with van der Waals surface area (Å²) < 4.78 is 26.7. The molecule has 0 bridgehead atoms. The van der Waals surface area contributed by atoms with Gasteiger partial charge in [0.25, 0.3) is 0 Å². The van der Waals surface area contributed by atoms with E-state index in [1.807, 2.05) is 0 Å². The van der Waals surface area contributed by atoms with Crippen LogP contribution in [0, 0.1) is 11.6 Å². The Labute approximate surface area is 98.8 Å². The summed E-state index contributed by atoms with van der Waals surface area (Å²) in [6.07, 6.45) is 0. The molecule has 1 N–H and O–H groups in total. The molecular formula is C13H11BF2O. The fourth-order valence-corrected chi connectivity index (χ4v) is 1.71. The lowest BCUT2D eigenvalue weighted by Gasteiger charge is -2.06. The van der Waals surface area contributed by atoms with Crippen molar-refractivity contribution in [1.29, 1.82) is 0 Å². The quantitative estimate of drug-likeness (QED) is 0.788. The topological polar surface area (TPSA) is 20.2 Å². The van der Waals surface area contributed by atoms with Gasteiger partial charge in [-0.1, -0.05) is 31.1 Å². The Morgan fingerprint density at radius 2 is 1.71 bits per heavy atom. The summed E-state index contributed by atoms with van der Waals surface area (Å²) >= 11 is 0. The zero-order valence-electron chi connectivity index (χ0n) is 9.32. The van der Waals surface area contributed by atoms with Gasteiger partial charge in [-0.15, -0.1) is 0 Å². The molecule has 1 nitrogen and oxygen atoms in total. The Morgan fingerprint density at radius 3 is 2.29 bits per heavy atom. The highest BCUT2D eigenvalue weighted by Crippen LogP contribution is 2.20. The summed E-state index contributed by atoms with van der Waals surface area (Å²) in [6, 6.07) is 10.4. The van der Waals surface area contributed by atoms with Crippen LogP contribution in [0.4, 0.5) is 8.78 Å². The minimum absolute atomic E-state index is 0.241. The highest BCUT2D eigenvalue weighted by Gasteiger charge is 2.13. The summed E-state index contributed by atoms with van der Waals surface area (Å²) in [5.41, 5.74) is 1.44. The molecule has 0 atom stereocenters. The molecular weight excluding hydrogens is 221 g/mol. The van der Waals surface area contributed by atoms with Crippen LogP contribution in [0.25, 0.3) is 11.1 Å². The van der Waals surface area contributed by atoms with E-state index < -0.39 is 12.7 Å². The van der Waals surface area contributed by atoms with Gasteiger partial charge < -0.3 is 5.02 Å². The highest BCUT2D eigenvalue weighted by atomic mass is 19.1. The third kappa shape index (κ3) is 2.53. The standard InChI is InChI=1S/C13H11BF2O/c1-14(17)12-6-5-10(8-13(12)16)9-3-2-4-11(15)7-9/h2-8,17H,1H3. The maximum absolute atomic E-state index is 13.6. The van der Waals surface area contributed by atoms with Crippen LogP contribution in [0.2, 0.25) is 6.82 Å². The second-order valence-corrected chi connectivity index (χ2v) is 3.92. The van der Waals surface area contributed by atoms with Gasteiger partial charge in [0.15, 0.2) is 0 Å². The van der Waals surface area contributed by atoms with Gasteiger partial charge in [0.05, 0.1) is 0 Å². The van der Waals surface area contributed by atoms with Crippen molar-refractivity contribution in [2.75, 3.05) is 0 Å². The molecule has 2 aromatic rings. The van der Waals surface area contributed by atoms with Crippen LogP contribution in [-0.4, -0.2) is 11.9 Å². The summed E-state index contributed by atoms with van der Waals surface area (Å²) in [7, 11) is 0. The fourth-order valence-electron chi connectivity index (χ4n) is 1.71. The van der Waals surface area contributed by atoms with E-state index >= 15 is 0 Å². The third-order valence-electron chi connectivity index (χ3n) is 2.61. The Morgan fingerprint density at radius 1 is 1.00 bits per heavy atom. The van der Waals surface area contributed by atoms with Crippen LogP contribution in [0.5, 0.6) is 0 Å². The van der Waals surface area contributed by atoms with Gasteiger partial charge >= 0.3 is 6.92 Å². The maximum atomic E-state index is 13.6. The first-order valence-electron chi connectivity index (χ1n) is 5.31. The largest absolute Gasteiger partial charge is 0.446 e. The summed E-state index contributed by atoms with van der Waals surface area (Å²) in [4.78, 5) is 0. The van der Waals surface area contributed by atoms with Crippen molar-refractivity contribution in [3.63, 3.8) is 0 Å². The Hall–Kier alpha value is -1.68. The van der Waals surface area contributed by atoms with Crippen molar-refractivity contribution in [3.05, 3.63) is 54.1 Å². The predicted molar refractivity (Wildman–Crippen MR) is 65.3 cm³/mol. The van der Waals surface area contributed by atoms with Gasteiger partial charge in [0.1, 0.15) is 11.6 Å². The molecule has 0 unspecified atom stereocenters. The van der Waals surface area contributed by atoms with Crippen LogP contribution in [-0.2, 0) is 0 Å². The van der Waals surface area contributed by atoms with Gasteiger partial charge in [-0.25, -0.2) is 8.78 Å². The van der Waals surface area contributed by atoms with E-state index in [4.69, 9.17) is 0 Å². The number of halogens is 2. The molecule has 0 radical (unpaired) electrons. The van der Waals surface area contributed by atoms with E-state index in [2.05, 4.69) is 0 Å². The van der Waals surface area contributed by atoms with E-state index in [1.54, 1.807) is 18.2 Å². The van der Waals surface area contributed by atoms with Gasteiger partial charge in [0.2, 0.25) is 0 Å². The van der Waals surface area contributed by atoms with Crippen molar-refractivity contribution >= 4 is 12.4 Å². The molecule has 0 saturated carbocycles. The van der Waals surface area contributed by atoms with E-state index in [1.165, 1.54) is 31.1 Å². The van der Waals surface area contributed by atoms with Crippen molar-refractivity contribution in [2.45, 2.75) is 6.82 Å². The number of rotatable bonds is 2. The molecule has 0 saturated heterocycles. The number of hydrogen-bond donors (Lipinski definition) is 1. The Balaban J connectivity index is 2.44. The van der Waals surface area contributed by atoms with Crippen LogP contribution in [0.1, 0.15) is 0 Å². The maximum Gasteiger partial charge on any atom is 0.323 e. The Kier molecular flexibility index (Phi) is 3.24. The minimum Gasteiger partial charge on any atom is -0.446 e. The normalized spacial score (nSPS) is 10.4. The Bertz CT molecular complexity index is 541. The molecule has 17 heavy (non-hydrogen) atoms. The average molecular weight is 232 g/mol. The van der Waals surface area contributed by atoms with E-state index in [-0.39, 0.29) is 11.3 Å². The molecule has 2 rings (SSSR count). The molecule has 0 aliphatic carbocycles.